The zero-order valence-electron chi connectivity index (χ0n) is 47.7. The van der Waals surface area contributed by atoms with Crippen molar-refractivity contribution in [3.63, 3.8) is 0 Å². The largest absolute Gasteiger partial charge is 0.0622 e. The standard InChI is InChI=1S/C84H66/c1-7-25-55(26-8-1)79-67-37-19-22-40-70(67)82(58-31-13-4-14-32-58)76-52-61(43-46-73(76)79)64-49-65(62-44-47-74-77(53-62)83(59-33-15-5-16-34-59)71-41-23-20-38-68(71)80(74)56-27-9-2-10-28-56)51-66(50-64)63-45-48-75-78(54-63)84(60-35-17-6-18-36-60)72-42-24-21-39-69(72)81(75)57-29-11-3-12-30-57/h1-18,25-36,43-54H,19-24,37-42H2. The van der Waals surface area contributed by atoms with Gasteiger partial charge in [0.25, 0.3) is 0 Å². The van der Waals surface area contributed by atoms with Gasteiger partial charge in [0.1, 0.15) is 0 Å². The minimum atomic E-state index is 1.09. The molecule has 0 saturated carbocycles. The fourth-order valence-corrected chi connectivity index (χ4v) is 15.5. The molecular formula is C84H66. The molecule has 0 radical (unpaired) electrons. The van der Waals surface area contributed by atoms with Crippen LogP contribution in [0.1, 0.15) is 71.9 Å². The van der Waals surface area contributed by atoms with Crippen LogP contribution in [0.4, 0.5) is 0 Å². The van der Waals surface area contributed by atoms with Crippen molar-refractivity contribution >= 4 is 32.3 Å². The zero-order chi connectivity index (χ0) is 55.5. The Bertz CT molecular complexity index is 4160. The summed E-state index contributed by atoms with van der Waals surface area (Å²) >= 11 is 0. The van der Waals surface area contributed by atoms with Gasteiger partial charge >= 0.3 is 0 Å². The molecule has 0 aliphatic heterocycles. The summed E-state index contributed by atoms with van der Waals surface area (Å²) in [5, 5.41) is 8.00. The molecule has 0 nitrogen and oxygen atoms in total. The monoisotopic (exact) mass is 1070 g/mol. The summed E-state index contributed by atoms with van der Waals surface area (Å²) < 4.78 is 0. The van der Waals surface area contributed by atoms with Crippen LogP contribution < -0.4 is 0 Å². The van der Waals surface area contributed by atoms with Crippen molar-refractivity contribution in [1.82, 2.24) is 0 Å². The average Bonchev–Trinajstić information content (AvgIpc) is 1.20. The lowest BCUT2D eigenvalue weighted by Gasteiger charge is -2.27. The van der Waals surface area contributed by atoms with Crippen molar-refractivity contribution in [1.29, 1.82) is 0 Å². The van der Waals surface area contributed by atoms with Crippen molar-refractivity contribution < 1.29 is 0 Å². The lowest BCUT2D eigenvalue weighted by Crippen LogP contribution is -2.08. The molecule has 0 amide bonds. The van der Waals surface area contributed by atoms with Crippen LogP contribution in [0.15, 0.2) is 255 Å². The third-order valence-electron chi connectivity index (χ3n) is 19.2. The van der Waals surface area contributed by atoms with Gasteiger partial charge in [0, 0.05) is 0 Å². The van der Waals surface area contributed by atoms with Crippen LogP contribution in [0.3, 0.4) is 0 Å². The second-order valence-corrected chi connectivity index (χ2v) is 24.0. The molecule has 0 spiro atoms. The van der Waals surface area contributed by atoms with E-state index < -0.39 is 0 Å². The van der Waals surface area contributed by atoms with Crippen molar-refractivity contribution in [2.24, 2.45) is 0 Å². The fraction of sp³-hybridized carbons (Fsp3) is 0.143. The molecule has 13 aromatic rings. The molecule has 3 aliphatic carbocycles. The van der Waals surface area contributed by atoms with Crippen LogP contribution in [0.2, 0.25) is 0 Å². The van der Waals surface area contributed by atoms with Gasteiger partial charge in [0.05, 0.1) is 0 Å². The van der Waals surface area contributed by atoms with Crippen LogP contribution in [-0.4, -0.2) is 0 Å². The smallest absolute Gasteiger partial charge is 0.00699 e. The molecule has 0 saturated heterocycles. The summed E-state index contributed by atoms with van der Waals surface area (Å²) in [5.41, 5.74) is 32.8. The number of hydrogen-bond donors (Lipinski definition) is 0. The van der Waals surface area contributed by atoms with Crippen LogP contribution in [0, 0.1) is 0 Å². The molecule has 3 aliphatic rings. The maximum atomic E-state index is 2.56. The van der Waals surface area contributed by atoms with Gasteiger partial charge in [-0.2, -0.15) is 0 Å². The normalized spacial score (nSPS) is 13.9. The zero-order valence-corrected chi connectivity index (χ0v) is 47.7. The minimum absolute atomic E-state index is 1.09. The van der Waals surface area contributed by atoms with Crippen molar-refractivity contribution in [3.8, 4) is 100 Å². The van der Waals surface area contributed by atoms with E-state index in [0.717, 1.165) is 38.5 Å². The van der Waals surface area contributed by atoms with E-state index in [1.807, 2.05) is 0 Å². The topological polar surface area (TPSA) is 0 Å². The van der Waals surface area contributed by atoms with Gasteiger partial charge in [-0.05, 0) is 279 Å². The lowest BCUT2D eigenvalue weighted by molar-refractivity contribution is 0.689. The first-order chi connectivity index (χ1) is 41.7. The minimum Gasteiger partial charge on any atom is -0.0622 e. The molecule has 0 heterocycles. The van der Waals surface area contributed by atoms with Gasteiger partial charge < -0.3 is 0 Å². The highest BCUT2D eigenvalue weighted by Gasteiger charge is 2.28. The van der Waals surface area contributed by atoms with Crippen LogP contribution in [0.25, 0.3) is 132 Å². The second kappa shape index (κ2) is 21.4. The summed E-state index contributed by atoms with van der Waals surface area (Å²) in [7, 11) is 0. The molecule has 13 aromatic carbocycles. The van der Waals surface area contributed by atoms with Crippen molar-refractivity contribution in [3.05, 3.63) is 288 Å². The number of hydrogen-bond acceptors (Lipinski definition) is 0. The maximum absolute atomic E-state index is 2.56. The first kappa shape index (κ1) is 50.4. The second-order valence-electron chi connectivity index (χ2n) is 24.0. The van der Waals surface area contributed by atoms with E-state index in [1.54, 1.807) is 0 Å². The molecule has 402 valence electrons. The highest BCUT2D eigenvalue weighted by atomic mass is 14.3. The summed E-state index contributed by atoms with van der Waals surface area (Å²) in [4.78, 5) is 0. The molecule has 84 heavy (non-hydrogen) atoms. The number of benzene rings is 13. The molecule has 0 atom stereocenters. The van der Waals surface area contributed by atoms with E-state index in [-0.39, 0.29) is 0 Å². The maximum Gasteiger partial charge on any atom is -0.00699 e. The first-order valence-electron chi connectivity index (χ1n) is 31.0. The fourth-order valence-electron chi connectivity index (χ4n) is 15.5. The predicted molar refractivity (Wildman–Crippen MR) is 358 cm³/mol. The summed E-state index contributed by atoms with van der Waals surface area (Å²) in [5.74, 6) is 0. The van der Waals surface area contributed by atoms with Gasteiger partial charge in [-0.15, -0.1) is 0 Å². The van der Waals surface area contributed by atoms with E-state index in [4.69, 9.17) is 0 Å². The molecular weight excluding hydrogens is 1010 g/mol. The Labute approximate surface area is 494 Å². The predicted octanol–water partition coefficient (Wildman–Crippen LogP) is 22.8. The van der Waals surface area contributed by atoms with Gasteiger partial charge in [0.2, 0.25) is 0 Å². The van der Waals surface area contributed by atoms with Crippen LogP contribution in [-0.2, 0) is 38.5 Å². The summed E-state index contributed by atoms with van der Waals surface area (Å²) in [6.07, 6.45) is 13.8. The number of rotatable bonds is 9. The quantitative estimate of drug-likeness (QED) is 0.135. The Morgan fingerprint density at radius 2 is 0.333 bits per heavy atom. The van der Waals surface area contributed by atoms with Gasteiger partial charge in [-0.25, -0.2) is 0 Å². The van der Waals surface area contributed by atoms with Gasteiger partial charge in [0.15, 0.2) is 0 Å². The molecule has 0 aromatic heterocycles. The third-order valence-corrected chi connectivity index (χ3v) is 19.2. The van der Waals surface area contributed by atoms with Crippen LogP contribution in [0.5, 0.6) is 0 Å². The Hall–Kier alpha value is -9.36. The molecule has 0 heteroatoms. The van der Waals surface area contributed by atoms with Crippen molar-refractivity contribution in [2.45, 2.75) is 77.0 Å². The van der Waals surface area contributed by atoms with E-state index >= 15 is 0 Å². The van der Waals surface area contributed by atoms with Gasteiger partial charge in [-0.1, -0.05) is 218 Å². The average molecular weight is 1080 g/mol. The molecule has 16 rings (SSSR count). The lowest BCUT2D eigenvalue weighted by atomic mass is 9.77. The molecule has 0 N–H and O–H groups in total. The molecule has 0 unspecified atom stereocenters. The van der Waals surface area contributed by atoms with E-state index in [2.05, 4.69) is 255 Å². The Morgan fingerprint density at radius 1 is 0.143 bits per heavy atom. The van der Waals surface area contributed by atoms with Crippen molar-refractivity contribution in [2.75, 3.05) is 0 Å². The highest BCUT2D eigenvalue weighted by Crippen LogP contribution is 2.51. The molecule has 0 bridgehead atoms. The first-order valence-corrected chi connectivity index (χ1v) is 31.0. The Kier molecular flexibility index (Phi) is 12.9. The summed E-state index contributed by atoms with van der Waals surface area (Å²) in [6, 6.07) is 97.4. The van der Waals surface area contributed by atoms with E-state index in [9.17, 15) is 0 Å². The van der Waals surface area contributed by atoms with E-state index in [1.165, 1.54) is 204 Å². The third kappa shape index (κ3) is 8.73. The Balaban J connectivity index is 0.981. The van der Waals surface area contributed by atoms with Crippen LogP contribution >= 0.6 is 0 Å². The van der Waals surface area contributed by atoms with E-state index in [0.29, 0.717) is 0 Å². The highest BCUT2D eigenvalue weighted by molar-refractivity contribution is 6.13. The SMILES string of the molecule is c1ccc(-c2c3c(c(-c4ccccc4)c4cc(-c5cc(-c6ccc7c(-c8ccccc8)c8c(c(-c9ccccc9)c7c6)CCCC8)cc(-c6ccc7c(-c8ccccc8)c8c(c(-c9ccccc9)c7c6)CCCC8)c5)ccc24)CCCC3)cc1. The molecule has 0 fully saturated rings. The Morgan fingerprint density at radius 3 is 0.536 bits per heavy atom. The number of fused-ring (bicyclic) bond motifs is 6. The summed E-state index contributed by atoms with van der Waals surface area (Å²) in [6.45, 7) is 0. The van der Waals surface area contributed by atoms with Gasteiger partial charge in [-0.3, -0.25) is 0 Å².